The van der Waals surface area contributed by atoms with Crippen LogP contribution >= 0.6 is 11.8 Å². The minimum Gasteiger partial charge on any atom is -0.396 e. The van der Waals surface area contributed by atoms with Crippen molar-refractivity contribution in [2.45, 2.75) is 23.6 Å². The molecule has 0 radical (unpaired) electrons. The van der Waals surface area contributed by atoms with E-state index in [-0.39, 0.29) is 12.6 Å². The zero-order valence-corrected chi connectivity index (χ0v) is 9.71. The molecule has 4 N–H and O–H groups in total. The van der Waals surface area contributed by atoms with Crippen LogP contribution in [0.5, 0.6) is 0 Å². The van der Waals surface area contributed by atoms with E-state index in [1.165, 1.54) is 0 Å². The molecule has 0 aliphatic heterocycles. The van der Waals surface area contributed by atoms with Crippen LogP contribution in [0.2, 0.25) is 0 Å². The van der Waals surface area contributed by atoms with E-state index in [0.717, 1.165) is 11.4 Å². The predicted octanol–water partition coefficient (Wildman–Crippen LogP) is 0.963. The maximum absolute atomic E-state index is 8.79. The molecule has 1 unspecified atom stereocenters. The number of aromatic nitrogens is 2. The zero-order chi connectivity index (χ0) is 11.3. The van der Waals surface area contributed by atoms with Gasteiger partial charge in [0.25, 0.3) is 0 Å². The van der Waals surface area contributed by atoms with Gasteiger partial charge >= 0.3 is 0 Å². The number of nitrogens with two attached hydrogens (primary N) is 1. The van der Waals surface area contributed by atoms with Gasteiger partial charge < -0.3 is 16.2 Å². The minimum absolute atomic E-state index is 0.188. The fourth-order valence-electron chi connectivity index (χ4n) is 1.08. The van der Waals surface area contributed by atoms with Crippen LogP contribution < -0.4 is 11.1 Å². The number of hydrogen-bond donors (Lipinski definition) is 3. The normalized spacial score (nSPS) is 12.5. The Bertz CT molecular complexity index is 321. The smallest absolute Gasteiger partial charge is 0.223 e. The summed E-state index contributed by atoms with van der Waals surface area (Å²) in [7, 11) is 1.79. The minimum atomic E-state index is 0.188. The third kappa shape index (κ3) is 3.93. The van der Waals surface area contributed by atoms with E-state index in [0.29, 0.717) is 11.1 Å². The van der Waals surface area contributed by atoms with Gasteiger partial charge in [-0.1, -0.05) is 6.92 Å². The molecule has 15 heavy (non-hydrogen) atoms. The van der Waals surface area contributed by atoms with E-state index in [4.69, 9.17) is 10.8 Å². The summed E-state index contributed by atoms with van der Waals surface area (Å²) in [5, 5.41) is 12.8. The highest BCUT2D eigenvalue weighted by atomic mass is 32.2. The first-order valence-electron chi connectivity index (χ1n) is 4.75. The van der Waals surface area contributed by atoms with E-state index in [1.54, 1.807) is 18.8 Å². The van der Waals surface area contributed by atoms with Gasteiger partial charge in [-0.3, -0.25) is 0 Å². The highest BCUT2D eigenvalue weighted by Crippen LogP contribution is 2.25. The fraction of sp³-hybridized carbons (Fsp3) is 0.556. The summed E-state index contributed by atoms with van der Waals surface area (Å²) in [4.78, 5) is 8.11. The first-order chi connectivity index (χ1) is 7.15. The lowest BCUT2D eigenvalue weighted by Gasteiger charge is -2.09. The molecule has 5 nitrogen and oxygen atoms in total. The maximum atomic E-state index is 8.79. The van der Waals surface area contributed by atoms with Crippen molar-refractivity contribution in [2.24, 2.45) is 0 Å². The molecule has 0 aliphatic carbocycles. The Balaban J connectivity index is 2.71. The molecule has 84 valence electrons. The number of nitrogens with zero attached hydrogens (tertiary/aromatic N) is 2. The number of nitrogen functional groups attached to an aromatic ring is 1. The van der Waals surface area contributed by atoms with Gasteiger partial charge in [0.1, 0.15) is 10.8 Å². The highest BCUT2D eigenvalue weighted by molar-refractivity contribution is 7.99. The Kier molecular flexibility index (Phi) is 4.64. The van der Waals surface area contributed by atoms with Gasteiger partial charge in [0, 0.05) is 25.0 Å². The van der Waals surface area contributed by atoms with Crippen molar-refractivity contribution in [2.75, 3.05) is 24.7 Å². The summed E-state index contributed by atoms with van der Waals surface area (Å²) < 4.78 is 0. The van der Waals surface area contributed by atoms with Gasteiger partial charge in [-0.2, -0.15) is 4.98 Å². The summed E-state index contributed by atoms with van der Waals surface area (Å²) in [6, 6.07) is 1.84. The molecule has 6 heteroatoms. The predicted molar refractivity (Wildman–Crippen MR) is 63.0 cm³/mol. The number of aliphatic hydroxyl groups is 1. The van der Waals surface area contributed by atoms with Crippen molar-refractivity contribution in [3.63, 3.8) is 0 Å². The van der Waals surface area contributed by atoms with Crippen molar-refractivity contribution in [1.82, 2.24) is 9.97 Å². The molecule has 1 heterocycles. The topological polar surface area (TPSA) is 84.1 Å². The Morgan fingerprint density at radius 1 is 1.60 bits per heavy atom. The zero-order valence-electron chi connectivity index (χ0n) is 8.90. The number of thioether (sulfide) groups is 1. The molecule has 1 atom stereocenters. The Hall–Kier alpha value is -1.01. The maximum Gasteiger partial charge on any atom is 0.223 e. The van der Waals surface area contributed by atoms with E-state index in [2.05, 4.69) is 15.3 Å². The van der Waals surface area contributed by atoms with Crippen LogP contribution in [0.15, 0.2) is 11.1 Å². The van der Waals surface area contributed by atoms with E-state index in [9.17, 15) is 0 Å². The van der Waals surface area contributed by atoms with Crippen molar-refractivity contribution >= 4 is 23.5 Å². The Morgan fingerprint density at radius 3 is 2.93 bits per heavy atom. The SMILES string of the molecule is CNc1cc(SC(C)CCO)nc(N)n1. The van der Waals surface area contributed by atoms with Gasteiger partial charge in [-0.15, -0.1) is 11.8 Å². The molecule has 0 aromatic carbocycles. The Morgan fingerprint density at radius 2 is 2.33 bits per heavy atom. The second-order valence-electron chi connectivity index (χ2n) is 3.14. The molecule has 0 saturated heterocycles. The van der Waals surface area contributed by atoms with Crippen molar-refractivity contribution < 1.29 is 5.11 Å². The number of aliphatic hydroxyl groups excluding tert-OH is 1. The standard InChI is InChI=1S/C9H16N4OS/c1-6(3-4-14)15-8-5-7(11-2)12-9(10)13-8/h5-6,14H,3-4H2,1-2H3,(H3,10,11,12,13). The molecule has 0 saturated carbocycles. The fourth-order valence-corrected chi connectivity index (χ4v) is 2.04. The monoisotopic (exact) mass is 228 g/mol. The number of rotatable bonds is 5. The van der Waals surface area contributed by atoms with E-state index in [1.807, 2.05) is 13.0 Å². The van der Waals surface area contributed by atoms with E-state index >= 15 is 0 Å². The summed E-state index contributed by atoms with van der Waals surface area (Å²) in [6.07, 6.45) is 0.740. The summed E-state index contributed by atoms with van der Waals surface area (Å²) in [5.74, 6) is 0.974. The lowest BCUT2D eigenvalue weighted by atomic mass is 10.3. The van der Waals surface area contributed by atoms with Crippen molar-refractivity contribution in [3.8, 4) is 0 Å². The Labute approximate surface area is 93.5 Å². The third-order valence-electron chi connectivity index (χ3n) is 1.83. The number of anilines is 2. The summed E-state index contributed by atoms with van der Waals surface area (Å²) in [5.41, 5.74) is 5.56. The molecule has 0 amide bonds. The molecule has 1 aromatic rings. The molecule has 1 aromatic heterocycles. The van der Waals surface area contributed by atoms with Crippen LogP contribution in [0, 0.1) is 0 Å². The molecule has 0 fully saturated rings. The molecular weight excluding hydrogens is 212 g/mol. The lowest BCUT2D eigenvalue weighted by molar-refractivity contribution is 0.289. The number of nitrogens with one attached hydrogen (secondary N) is 1. The second kappa shape index (κ2) is 5.77. The van der Waals surface area contributed by atoms with Gasteiger partial charge in [0.05, 0.1) is 0 Å². The average Bonchev–Trinajstić information content (AvgIpc) is 2.17. The second-order valence-corrected chi connectivity index (χ2v) is 4.60. The van der Waals surface area contributed by atoms with Crippen LogP contribution in [0.4, 0.5) is 11.8 Å². The van der Waals surface area contributed by atoms with Crippen LogP contribution in [-0.4, -0.2) is 34.0 Å². The van der Waals surface area contributed by atoms with Crippen LogP contribution in [0.1, 0.15) is 13.3 Å². The molecule has 0 aliphatic rings. The quantitative estimate of drug-likeness (QED) is 0.514. The van der Waals surface area contributed by atoms with Gasteiger partial charge in [-0.25, -0.2) is 4.98 Å². The first-order valence-corrected chi connectivity index (χ1v) is 5.63. The average molecular weight is 228 g/mol. The van der Waals surface area contributed by atoms with Gasteiger partial charge in [-0.05, 0) is 6.42 Å². The van der Waals surface area contributed by atoms with Crippen LogP contribution in [0.25, 0.3) is 0 Å². The van der Waals surface area contributed by atoms with E-state index < -0.39 is 0 Å². The highest BCUT2D eigenvalue weighted by Gasteiger charge is 2.07. The van der Waals surface area contributed by atoms with Gasteiger partial charge in [0.15, 0.2) is 0 Å². The van der Waals surface area contributed by atoms with Crippen LogP contribution in [-0.2, 0) is 0 Å². The van der Waals surface area contributed by atoms with Crippen molar-refractivity contribution in [1.29, 1.82) is 0 Å². The number of hydrogen-bond acceptors (Lipinski definition) is 6. The van der Waals surface area contributed by atoms with Crippen LogP contribution in [0.3, 0.4) is 0 Å². The summed E-state index contributed by atoms with van der Waals surface area (Å²) in [6.45, 7) is 2.23. The van der Waals surface area contributed by atoms with Gasteiger partial charge in [0.2, 0.25) is 5.95 Å². The molecule has 0 bridgehead atoms. The lowest BCUT2D eigenvalue weighted by Crippen LogP contribution is -2.04. The largest absolute Gasteiger partial charge is 0.396 e. The molecule has 0 spiro atoms. The third-order valence-corrected chi connectivity index (χ3v) is 2.92. The summed E-state index contributed by atoms with van der Waals surface area (Å²) >= 11 is 1.58. The molecule has 1 rings (SSSR count). The van der Waals surface area contributed by atoms with Crippen molar-refractivity contribution in [3.05, 3.63) is 6.07 Å². The first kappa shape index (κ1) is 12.1. The molecular formula is C9H16N4OS.